The van der Waals surface area contributed by atoms with Crippen LogP contribution in [0.4, 0.5) is 0 Å². The van der Waals surface area contributed by atoms with Gasteiger partial charge in [-0.15, -0.1) is 0 Å². The zero-order valence-electron chi connectivity index (χ0n) is 11.4. The van der Waals surface area contributed by atoms with Crippen molar-refractivity contribution < 1.29 is 14.6 Å². The van der Waals surface area contributed by atoms with Gasteiger partial charge in [-0.1, -0.05) is 13.8 Å². The molecule has 0 aliphatic carbocycles. The lowest BCUT2D eigenvalue weighted by atomic mass is 9.92. The summed E-state index contributed by atoms with van der Waals surface area (Å²) in [6, 6.07) is 0. The van der Waals surface area contributed by atoms with Gasteiger partial charge in [0.2, 0.25) is 0 Å². The largest absolute Gasteiger partial charge is 0.480 e. The Kier molecular flexibility index (Phi) is 4.55. The van der Waals surface area contributed by atoms with Crippen molar-refractivity contribution in [2.45, 2.75) is 70.6 Å². The van der Waals surface area contributed by atoms with E-state index in [0.29, 0.717) is 19.4 Å². The zero-order valence-corrected chi connectivity index (χ0v) is 11.4. The van der Waals surface area contributed by atoms with Crippen molar-refractivity contribution >= 4 is 5.97 Å². The summed E-state index contributed by atoms with van der Waals surface area (Å²) in [6.07, 6.45) is 3.37. The molecule has 0 radical (unpaired) electrons. The quantitative estimate of drug-likeness (QED) is 0.750. The normalized spacial score (nSPS) is 23.9. The number of hydrogen-bond donors (Lipinski definition) is 2. The molecule has 1 unspecified atom stereocenters. The fourth-order valence-electron chi connectivity index (χ4n) is 2.41. The minimum atomic E-state index is -0.796. The molecule has 0 bridgehead atoms. The van der Waals surface area contributed by atoms with Gasteiger partial charge in [0, 0.05) is 6.54 Å². The first-order valence-electron chi connectivity index (χ1n) is 6.51. The molecule has 4 nitrogen and oxygen atoms in total. The predicted molar refractivity (Wildman–Crippen MR) is 67.1 cm³/mol. The van der Waals surface area contributed by atoms with E-state index < -0.39 is 11.5 Å². The van der Waals surface area contributed by atoms with Crippen LogP contribution in [0.5, 0.6) is 0 Å². The summed E-state index contributed by atoms with van der Waals surface area (Å²) < 4.78 is 5.86. The van der Waals surface area contributed by atoms with Crippen molar-refractivity contribution in [3.05, 3.63) is 0 Å². The first-order valence-corrected chi connectivity index (χ1v) is 6.51. The molecular weight excluding hydrogens is 218 g/mol. The molecule has 17 heavy (non-hydrogen) atoms. The van der Waals surface area contributed by atoms with Gasteiger partial charge in [-0.05, 0) is 39.5 Å². The number of hydrogen-bond acceptors (Lipinski definition) is 3. The lowest BCUT2D eigenvalue weighted by molar-refractivity contribution is -0.145. The molecule has 0 spiro atoms. The van der Waals surface area contributed by atoms with Gasteiger partial charge < -0.3 is 9.84 Å². The van der Waals surface area contributed by atoms with E-state index >= 15 is 0 Å². The Morgan fingerprint density at radius 3 is 2.41 bits per heavy atom. The van der Waals surface area contributed by atoms with Gasteiger partial charge in [0.1, 0.15) is 5.54 Å². The highest BCUT2D eigenvalue weighted by Gasteiger charge is 2.37. The second-order valence-electron chi connectivity index (χ2n) is 5.51. The molecule has 1 saturated heterocycles. The summed E-state index contributed by atoms with van der Waals surface area (Å²) in [6.45, 7) is 8.60. The van der Waals surface area contributed by atoms with E-state index in [-0.39, 0.29) is 11.7 Å². The molecule has 0 saturated carbocycles. The van der Waals surface area contributed by atoms with E-state index in [0.717, 1.165) is 12.8 Å². The Bertz CT molecular complexity index is 272. The molecule has 2 N–H and O–H groups in total. The third-order valence-electron chi connectivity index (χ3n) is 3.84. The third-order valence-corrected chi connectivity index (χ3v) is 3.84. The number of carboxylic acids is 1. The van der Waals surface area contributed by atoms with Crippen LogP contribution in [-0.4, -0.2) is 34.9 Å². The van der Waals surface area contributed by atoms with Crippen LogP contribution < -0.4 is 5.32 Å². The summed E-state index contributed by atoms with van der Waals surface area (Å²) >= 11 is 0. The van der Waals surface area contributed by atoms with Crippen LogP contribution in [0.15, 0.2) is 0 Å². The summed E-state index contributed by atoms with van der Waals surface area (Å²) in [5.41, 5.74) is -0.854. The lowest BCUT2D eigenvalue weighted by Crippen LogP contribution is -2.53. The number of carbonyl (C=O) groups is 1. The number of aliphatic carboxylic acids is 1. The van der Waals surface area contributed by atoms with Gasteiger partial charge in [-0.2, -0.15) is 0 Å². The Labute approximate surface area is 104 Å². The molecule has 0 aromatic rings. The van der Waals surface area contributed by atoms with E-state index in [1.54, 1.807) is 0 Å². The highest BCUT2D eigenvalue weighted by molar-refractivity contribution is 5.78. The summed E-state index contributed by atoms with van der Waals surface area (Å²) in [5.74, 6) is -0.764. The van der Waals surface area contributed by atoms with Gasteiger partial charge >= 0.3 is 5.97 Å². The van der Waals surface area contributed by atoms with E-state index in [4.69, 9.17) is 4.74 Å². The third kappa shape index (κ3) is 3.42. The fraction of sp³-hybridized carbons (Fsp3) is 0.923. The number of nitrogens with one attached hydrogen (secondary N) is 1. The summed E-state index contributed by atoms with van der Waals surface area (Å²) in [7, 11) is 0. The van der Waals surface area contributed by atoms with Gasteiger partial charge in [0.05, 0.1) is 11.7 Å². The first kappa shape index (κ1) is 14.5. The smallest absolute Gasteiger partial charge is 0.323 e. The van der Waals surface area contributed by atoms with Crippen molar-refractivity contribution in [3.8, 4) is 0 Å². The first-order chi connectivity index (χ1) is 7.85. The van der Waals surface area contributed by atoms with Gasteiger partial charge in [0.15, 0.2) is 0 Å². The Morgan fingerprint density at radius 1 is 1.47 bits per heavy atom. The van der Waals surface area contributed by atoms with E-state index in [2.05, 4.69) is 19.2 Å². The fourth-order valence-corrected chi connectivity index (χ4v) is 2.41. The van der Waals surface area contributed by atoms with Crippen LogP contribution >= 0.6 is 0 Å². The molecule has 1 aliphatic rings. The van der Waals surface area contributed by atoms with E-state index in [1.807, 2.05) is 13.8 Å². The molecule has 1 fully saturated rings. The second kappa shape index (κ2) is 5.36. The Morgan fingerprint density at radius 2 is 2.06 bits per heavy atom. The maximum Gasteiger partial charge on any atom is 0.323 e. The molecule has 4 heteroatoms. The van der Waals surface area contributed by atoms with E-state index in [9.17, 15) is 9.90 Å². The van der Waals surface area contributed by atoms with Crippen LogP contribution in [0, 0.1) is 0 Å². The van der Waals surface area contributed by atoms with Gasteiger partial charge in [-0.25, -0.2) is 0 Å². The van der Waals surface area contributed by atoms with Crippen molar-refractivity contribution in [2.24, 2.45) is 0 Å². The molecule has 1 aliphatic heterocycles. The van der Waals surface area contributed by atoms with Gasteiger partial charge in [-0.3, -0.25) is 10.1 Å². The molecular formula is C13H25NO3. The maximum absolute atomic E-state index is 11.3. The minimum Gasteiger partial charge on any atom is -0.480 e. The number of rotatable bonds is 6. The molecule has 0 aromatic heterocycles. The number of ether oxygens (including phenoxy) is 1. The zero-order chi connectivity index (χ0) is 13.1. The SMILES string of the molecule is CCC(CC)(NCC1CCC(C)(C)O1)C(=O)O. The molecule has 0 aromatic carbocycles. The monoisotopic (exact) mass is 243 g/mol. The van der Waals surface area contributed by atoms with Crippen LogP contribution in [0.25, 0.3) is 0 Å². The second-order valence-corrected chi connectivity index (χ2v) is 5.51. The predicted octanol–water partition coefficient (Wildman–Crippen LogP) is 2.18. The summed E-state index contributed by atoms with van der Waals surface area (Å²) in [5, 5.41) is 12.5. The number of carboxylic acid groups (broad SMARTS) is 1. The standard InChI is InChI=1S/C13H25NO3/c1-5-13(6-2,11(15)16)14-9-10-7-8-12(3,4)17-10/h10,14H,5-9H2,1-4H3,(H,15,16). The Hall–Kier alpha value is -0.610. The Balaban J connectivity index is 2.51. The highest BCUT2D eigenvalue weighted by Crippen LogP contribution is 2.29. The molecule has 100 valence electrons. The van der Waals surface area contributed by atoms with Crippen molar-refractivity contribution in [3.63, 3.8) is 0 Å². The molecule has 1 rings (SSSR count). The average Bonchev–Trinajstić information content (AvgIpc) is 2.60. The molecule has 1 atom stereocenters. The van der Waals surface area contributed by atoms with Crippen LogP contribution in [-0.2, 0) is 9.53 Å². The topological polar surface area (TPSA) is 58.6 Å². The van der Waals surface area contributed by atoms with Crippen LogP contribution in [0.1, 0.15) is 53.4 Å². The lowest BCUT2D eigenvalue weighted by Gasteiger charge is -2.30. The minimum absolute atomic E-state index is 0.0589. The molecule has 1 heterocycles. The van der Waals surface area contributed by atoms with Gasteiger partial charge in [0.25, 0.3) is 0 Å². The highest BCUT2D eigenvalue weighted by atomic mass is 16.5. The average molecular weight is 243 g/mol. The van der Waals surface area contributed by atoms with Crippen LogP contribution in [0.2, 0.25) is 0 Å². The van der Waals surface area contributed by atoms with Crippen LogP contribution in [0.3, 0.4) is 0 Å². The van der Waals surface area contributed by atoms with Crippen molar-refractivity contribution in [2.75, 3.05) is 6.54 Å². The van der Waals surface area contributed by atoms with Crippen molar-refractivity contribution in [1.29, 1.82) is 0 Å². The molecule has 0 amide bonds. The van der Waals surface area contributed by atoms with E-state index in [1.165, 1.54) is 0 Å². The summed E-state index contributed by atoms with van der Waals surface area (Å²) in [4.78, 5) is 11.3. The van der Waals surface area contributed by atoms with Crippen molar-refractivity contribution in [1.82, 2.24) is 5.32 Å². The maximum atomic E-state index is 11.3.